The van der Waals surface area contributed by atoms with Gasteiger partial charge < -0.3 is 0 Å². The Labute approximate surface area is 498 Å². The van der Waals surface area contributed by atoms with Crippen molar-refractivity contribution >= 4 is 118 Å². The van der Waals surface area contributed by atoms with E-state index in [1.54, 1.807) is 0 Å². The minimum Gasteiger partial charge on any atom is -0.0620 e. The maximum absolute atomic E-state index is 2.59. The topological polar surface area (TPSA) is 0 Å². The van der Waals surface area contributed by atoms with Gasteiger partial charge in [-0.15, -0.1) is 0 Å². The van der Waals surface area contributed by atoms with Crippen LogP contribution in [0.15, 0.2) is 231 Å². The Balaban J connectivity index is 0.962. The van der Waals surface area contributed by atoms with Crippen molar-refractivity contribution in [3.63, 3.8) is 0 Å². The molecule has 0 spiro atoms. The predicted molar refractivity (Wildman–Crippen MR) is 373 cm³/mol. The molecule has 0 saturated heterocycles. The molecule has 1 aliphatic carbocycles. The highest BCUT2D eigenvalue weighted by Crippen LogP contribution is 2.62. The summed E-state index contributed by atoms with van der Waals surface area (Å²) in [5, 5.41) is 29.1. The molecular formula is C86H56. The Morgan fingerprint density at radius 2 is 0.477 bits per heavy atom. The van der Waals surface area contributed by atoms with Gasteiger partial charge in [0.2, 0.25) is 0 Å². The van der Waals surface area contributed by atoms with E-state index in [0.717, 1.165) is 0 Å². The van der Waals surface area contributed by atoms with Crippen LogP contribution in [-0.2, 0) is 0 Å². The van der Waals surface area contributed by atoms with E-state index in [4.69, 9.17) is 0 Å². The van der Waals surface area contributed by atoms with Gasteiger partial charge in [0.15, 0.2) is 0 Å². The van der Waals surface area contributed by atoms with Crippen molar-refractivity contribution in [2.45, 2.75) is 41.5 Å². The first-order valence-corrected chi connectivity index (χ1v) is 30.6. The predicted octanol–water partition coefficient (Wildman–Crippen LogP) is 24.5. The van der Waals surface area contributed by atoms with Crippen molar-refractivity contribution in [1.82, 2.24) is 0 Å². The van der Waals surface area contributed by atoms with E-state index in [1.807, 2.05) is 0 Å². The molecule has 18 aromatic carbocycles. The van der Waals surface area contributed by atoms with E-state index in [2.05, 4.69) is 272 Å². The molecule has 0 nitrogen and oxygen atoms in total. The fourth-order valence-corrected chi connectivity index (χ4v) is 17.0. The van der Waals surface area contributed by atoms with Gasteiger partial charge in [-0.1, -0.05) is 218 Å². The molecule has 0 amide bonds. The van der Waals surface area contributed by atoms with Crippen LogP contribution in [0.2, 0.25) is 0 Å². The Bertz CT molecular complexity index is 5870. The second-order valence-electron chi connectivity index (χ2n) is 25.0. The van der Waals surface area contributed by atoms with Gasteiger partial charge in [0.1, 0.15) is 0 Å². The van der Waals surface area contributed by atoms with Crippen LogP contribution in [0, 0.1) is 41.5 Å². The lowest BCUT2D eigenvalue weighted by molar-refractivity contribution is 1.38. The molecule has 0 bridgehead atoms. The van der Waals surface area contributed by atoms with Gasteiger partial charge in [0.05, 0.1) is 0 Å². The number of fused-ring (bicyclic) bond motifs is 13. The summed E-state index contributed by atoms with van der Waals surface area (Å²) in [6.45, 7) is 13.7. The molecule has 0 saturated carbocycles. The molecule has 0 heterocycles. The number of benzene rings is 16. The maximum Gasteiger partial charge on any atom is -0.000720 e. The molecular weight excluding hydrogens is 1030 g/mol. The first kappa shape index (κ1) is 48.0. The zero-order valence-corrected chi connectivity index (χ0v) is 48.9. The first-order chi connectivity index (χ1) is 42.2. The normalized spacial score (nSPS) is 12.5. The van der Waals surface area contributed by atoms with Crippen LogP contribution in [0.1, 0.15) is 33.4 Å². The van der Waals surface area contributed by atoms with Gasteiger partial charge in [0, 0.05) is 0 Å². The van der Waals surface area contributed by atoms with Crippen molar-refractivity contribution in [1.29, 1.82) is 0 Å². The van der Waals surface area contributed by atoms with E-state index >= 15 is 0 Å². The molecule has 400 valence electrons. The van der Waals surface area contributed by atoms with Crippen molar-refractivity contribution in [2.24, 2.45) is 0 Å². The Kier molecular flexibility index (Phi) is 9.56. The number of hydrogen-bond donors (Lipinski definition) is 0. The standard InChI is InChI=1S/C86H56/c1-45-19-7-11-25-51(45)55-33-34-64-70-44-72-71(43-69(70)59-32-18-31-56(55)74(59)64)76(53-27-13-9-21-47(53)3)84-66-41-37-61-63-38-42-68-81-65(39-35-62(79(63)81)60-36-40-67(80(66)78(60)61)85(84)77(72)54-28-14-10-22-48(54)4)83-75(52-26-12-8-20-46(52)2)57-29-15-16-30-58(57)82(86(68)83)73-49(5)23-17-24-50(73)6/h7-44H,1-6H3. The van der Waals surface area contributed by atoms with E-state index < -0.39 is 0 Å². The minimum atomic E-state index is 1.27. The van der Waals surface area contributed by atoms with Gasteiger partial charge in [-0.25, -0.2) is 0 Å². The summed E-state index contributed by atoms with van der Waals surface area (Å²) in [4.78, 5) is 0. The van der Waals surface area contributed by atoms with Crippen molar-refractivity contribution in [3.05, 3.63) is 264 Å². The lowest BCUT2D eigenvalue weighted by atomic mass is 9.80. The third-order valence-corrected chi connectivity index (χ3v) is 20.7. The van der Waals surface area contributed by atoms with E-state index in [-0.39, 0.29) is 0 Å². The molecule has 0 aromatic heterocycles. The zero-order valence-electron chi connectivity index (χ0n) is 48.9. The van der Waals surface area contributed by atoms with Gasteiger partial charge >= 0.3 is 0 Å². The summed E-state index contributed by atoms with van der Waals surface area (Å²) < 4.78 is 0. The second kappa shape index (κ2) is 17.1. The van der Waals surface area contributed by atoms with Crippen LogP contribution < -0.4 is 0 Å². The maximum atomic E-state index is 2.59. The first-order valence-electron chi connectivity index (χ1n) is 30.6. The molecule has 0 fully saturated rings. The SMILES string of the molecule is Cc1ccccc1-c1c2c(c(-c3c(C)cccc3C)c3ccccc13)-c1ccc3c4ccc5c6c(-c7ccccc7C)c7cc8c(cc7c(-c7ccccc7C)c6c6ccc(c7ccc-2c1c73)c4c65)c1ccc(-c2ccccc2C)c2cccc8c21. The molecule has 0 heteroatoms. The third kappa shape index (κ3) is 6.03. The summed E-state index contributed by atoms with van der Waals surface area (Å²) in [5.41, 5.74) is 26.2. The van der Waals surface area contributed by atoms with E-state index in [9.17, 15) is 0 Å². The monoisotopic (exact) mass is 1090 g/mol. The molecule has 0 unspecified atom stereocenters. The molecule has 86 heavy (non-hydrogen) atoms. The van der Waals surface area contributed by atoms with Gasteiger partial charge in [-0.05, 0) is 283 Å². The smallest absolute Gasteiger partial charge is 0.000720 e. The fourth-order valence-electron chi connectivity index (χ4n) is 17.0. The lowest BCUT2D eigenvalue weighted by Crippen LogP contribution is -1.97. The highest BCUT2D eigenvalue weighted by molar-refractivity contribution is 6.48. The minimum absolute atomic E-state index is 1.27. The second-order valence-corrected chi connectivity index (χ2v) is 25.0. The van der Waals surface area contributed by atoms with Crippen molar-refractivity contribution in [3.8, 4) is 77.9 Å². The molecule has 19 rings (SSSR count). The Morgan fingerprint density at radius 3 is 1.00 bits per heavy atom. The zero-order chi connectivity index (χ0) is 57.1. The van der Waals surface area contributed by atoms with Gasteiger partial charge in [-0.2, -0.15) is 0 Å². The summed E-state index contributed by atoms with van der Waals surface area (Å²) in [5.74, 6) is 0. The largest absolute Gasteiger partial charge is 0.0620 e. The lowest BCUT2D eigenvalue weighted by Gasteiger charge is -2.23. The summed E-state index contributed by atoms with van der Waals surface area (Å²) in [6, 6.07) is 89.0. The van der Waals surface area contributed by atoms with Crippen molar-refractivity contribution in [2.75, 3.05) is 0 Å². The molecule has 0 radical (unpaired) electrons. The highest BCUT2D eigenvalue weighted by Gasteiger charge is 2.35. The third-order valence-electron chi connectivity index (χ3n) is 20.7. The van der Waals surface area contributed by atoms with Crippen LogP contribution in [0.25, 0.3) is 196 Å². The summed E-state index contributed by atoms with van der Waals surface area (Å²) in [6.07, 6.45) is 0. The molecule has 0 aliphatic heterocycles. The number of aryl methyl sites for hydroxylation is 6. The van der Waals surface area contributed by atoms with Crippen molar-refractivity contribution < 1.29 is 0 Å². The molecule has 0 atom stereocenters. The Hall–Kier alpha value is -10.4. The molecule has 1 aliphatic rings. The van der Waals surface area contributed by atoms with Crippen LogP contribution in [0.5, 0.6) is 0 Å². The van der Waals surface area contributed by atoms with Gasteiger partial charge in [0.25, 0.3) is 0 Å². The van der Waals surface area contributed by atoms with Crippen LogP contribution in [-0.4, -0.2) is 0 Å². The fraction of sp³-hybridized carbons (Fsp3) is 0.0698. The van der Waals surface area contributed by atoms with Crippen LogP contribution in [0.3, 0.4) is 0 Å². The van der Waals surface area contributed by atoms with Crippen LogP contribution >= 0.6 is 0 Å². The molecule has 18 aromatic rings. The molecule has 0 N–H and O–H groups in total. The van der Waals surface area contributed by atoms with Gasteiger partial charge in [-0.3, -0.25) is 0 Å². The Morgan fingerprint density at radius 1 is 0.140 bits per heavy atom. The highest BCUT2D eigenvalue weighted by atomic mass is 14.4. The number of hydrogen-bond acceptors (Lipinski definition) is 0. The van der Waals surface area contributed by atoms with E-state index in [1.165, 1.54) is 230 Å². The quantitative estimate of drug-likeness (QED) is 0.119. The summed E-state index contributed by atoms with van der Waals surface area (Å²) >= 11 is 0. The average Bonchev–Trinajstić information content (AvgIpc) is 1.52. The van der Waals surface area contributed by atoms with E-state index in [0.29, 0.717) is 0 Å². The average molecular weight is 1090 g/mol. The summed E-state index contributed by atoms with van der Waals surface area (Å²) in [7, 11) is 0. The van der Waals surface area contributed by atoms with Crippen LogP contribution in [0.4, 0.5) is 0 Å². The number of rotatable bonds is 5.